The van der Waals surface area contributed by atoms with E-state index in [0.29, 0.717) is 12.5 Å². The van der Waals surface area contributed by atoms with Gasteiger partial charge in [-0.2, -0.15) is 0 Å². The molecule has 1 aliphatic rings. The van der Waals surface area contributed by atoms with Crippen LogP contribution >= 0.6 is 0 Å². The Morgan fingerprint density at radius 3 is 2.82 bits per heavy atom. The number of likely N-dealkylation sites (tertiary alicyclic amines) is 1. The Balaban J connectivity index is 1.94. The summed E-state index contributed by atoms with van der Waals surface area (Å²) in [6.07, 6.45) is 5.73. The van der Waals surface area contributed by atoms with E-state index in [1.807, 2.05) is 17.0 Å². The number of nitrogens with zero attached hydrogens (tertiary/aromatic N) is 2. The molecule has 1 unspecified atom stereocenters. The summed E-state index contributed by atoms with van der Waals surface area (Å²) in [5.74, 6) is 0.244. The average Bonchev–Trinajstić information content (AvgIpc) is 2.54. The van der Waals surface area contributed by atoms with Crippen molar-refractivity contribution < 1.29 is 4.79 Å². The molecule has 1 amide bonds. The van der Waals surface area contributed by atoms with Crippen molar-refractivity contribution in [3.05, 3.63) is 29.8 Å². The van der Waals surface area contributed by atoms with E-state index in [4.69, 9.17) is 0 Å². The summed E-state index contributed by atoms with van der Waals surface area (Å²) < 4.78 is 0. The number of aryl methyl sites for hydroxylation is 1. The molecule has 1 aliphatic heterocycles. The fourth-order valence-electron chi connectivity index (χ4n) is 3.49. The largest absolute Gasteiger partial charge is 0.313 e. The standard InChI is InChI=1S/C19H30N2O/c1-4-17-10-6-7-13-20(17)14-12-19(22)21(5-2)18-11-8-9-16(3)15-18/h8-9,11,15,17H,4-7,10,12-14H2,1-3H3. The molecule has 0 spiro atoms. The van der Waals surface area contributed by atoms with Gasteiger partial charge in [0.15, 0.2) is 0 Å². The Hall–Kier alpha value is -1.35. The monoisotopic (exact) mass is 302 g/mol. The minimum Gasteiger partial charge on any atom is -0.313 e. The molecule has 0 aromatic heterocycles. The molecule has 1 heterocycles. The Bertz CT molecular complexity index is 486. The first kappa shape index (κ1) is 17.0. The Labute approximate surface area is 135 Å². The minimum atomic E-state index is 0.244. The van der Waals surface area contributed by atoms with Gasteiger partial charge in [0.1, 0.15) is 0 Å². The van der Waals surface area contributed by atoms with Crippen molar-refractivity contribution in [1.29, 1.82) is 0 Å². The number of amides is 1. The number of benzene rings is 1. The Morgan fingerprint density at radius 2 is 2.14 bits per heavy atom. The van der Waals surface area contributed by atoms with Crippen molar-refractivity contribution in [2.45, 2.75) is 58.9 Å². The summed E-state index contributed by atoms with van der Waals surface area (Å²) in [6, 6.07) is 8.90. The zero-order valence-electron chi connectivity index (χ0n) is 14.3. The Kier molecular flexibility index (Phi) is 6.44. The van der Waals surface area contributed by atoms with Gasteiger partial charge in [-0.15, -0.1) is 0 Å². The van der Waals surface area contributed by atoms with Gasteiger partial charge in [0.2, 0.25) is 5.91 Å². The third-order valence-corrected chi connectivity index (χ3v) is 4.76. The summed E-state index contributed by atoms with van der Waals surface area (Å²) in [4.78, 5) is 17.1. The summed E-state index contributed by atoms with van der Waals surface area (Å²) >= 11 is 0. The van der Waals surface area contributed by atoms with Gasteiger partial charge in [0.25, 0.3) is 0 Å². The van der Waals surface area contributed by atoms with E-state index in [0.717, 1.165) is 25.3 Å². The van der Waals surface area contributed by atoms with Crippen LogP contribution in [0.4, 0.5) is 5.69 Å². The van der Waals surface area contributed by atoms with Gasteiger partial charge in [-0.1, -0.05) is 25.5 Å². The van der Waals surface area contributed by atoms with Gasteiger partial charge in [0, 0.05) is 31.2 Å². The highest BCUT2D eigenvalue weighted by Gasteiger charge is 2.22. The maximum Gasteiger partial charge on any atom is 0.228 e. The summed E-state index contributed by atoms with van der Waals surface area (Å²) in [5, 5.41) is 0. The molecule has 0 radical (unpaired) electrons. The van der Waals surface area contributed by atoms with Crippen LogP contribution in [0.25, 0.3) is 0 Å². The smallest absolute Gasteiger partial charge is 0.228 e. The van der Waals surface area contributed by atoms with Crippen LogP contribution in [0.15, 0.2) is 24.3 Å². The topological polar surface area (TPSA) is 23.6 Å². The van der Waals surface area contributed by atoms with Crippen LogP contribution in [0.2, 0.25) is 0 Å². The molecule has 0 N–H and O–H groups in total. The van der Waals surface area contributed by atoms with E-state index in [1.165, 1.54) is 31.2 Å². The molecule has 1 fully saturated rings. The molecular formula is C19H30N2O. The van der Waals surface area contributed by atoms with Crippen LogP contribution < -0.4 is 4.90 Å². The quantitative estimate of drug-likeness (QED) is 0.793. The number of rotatable bonds is 6. The molecule has 122 valence electrons. The third-order valence-electron chi connectivity index (χ3n) is 4.76. The van der Waals surface area contributed by atoms with Gasteiger partial charge >= 0.3 is 0 Å². The molecule has 2 rings (SSSR count). The van der Waals surface area contributed by atoms with Crippen LogP contribution in [0.1, 0.15) is 51.5 Å². The molecule has 1 aromatic carbocycles. The minimum absolute atomic E-state index is 0.244. The molecule has 1 atom stereocenters. The second-order valence-corrected chi connectivity index (χ2v) is 6.32. The Morgan fingerprint density at radius 1 is 1.32 bits per heavy atom. The first-order valence-corrected chi connectivity index (χ1v) is 8.76. The predicted molar refractivity (Wildman–Crippen MR) is 93.3 cm³/mol. The van der Waals surface area contributed by atoms with Crippen molar-refractivity contribution >= 4 is 11.6 Å². The molecule has 3 heteroatoms. The van der Waals surface area contributed by atoms with Crippen LogP contribution in [0, 0.1) is 6.92 Å². The first-order chi connectivity index (χ1) is 10.7. The number of anilines is 1. The van der Waals surface area contributed by atoms with E-state index in [-0.39, 0.29) is 5.91 Å². The van der Waals surface area contributed by atoms with Crippen LogP contribution in [-0.4, -0.2) is 36.5 Å². The number of hydrogen-bond donors (Lipinski definition) is 0. The fraction of sp³-hybridized carbons (Fsp3) is 0.632. The molecule has 1 saturated heterocycles. The normalized spacial score (nSPS) is 19.1. The van der Waals surface area contributed by atoms with Gasteiger partial charge in [-0.05, 0) is 57.4 Å². The predicted octanol–water partition coefficient (Wildman–Crippen LogP) is 4.00. The maximum atomic E-state index is 12.6. The number of hydrogen-bond acceptors (Lipinski definition) is 2. The van der Waals surface area contributed by atoms with Crippen LogP contribution in [0.5, 0.6) is 0 Å². The van der Waals surface area contributed by atoms with Gasteiger partial charge in [0.05, 0.1) is 0 Å². The van der Waals surface area contributed by atoms with Crippen molar-refractivity contribution in [2.75, 3.05) is 24.5 Å². The molecule has 1 aromatic rings. The second kappa shape index (κ2) is 8.33. The second-order valence-electron chi connectivity index (χ2n) is 6.32. The third kappa shape index (κ3) is 4.33. The zero-order valence-corrected chi connectivity index (χ0v) is 14.3. The number of carbonyl (C=O) groups is 1. The molecule has 3 nitrogen and oxygen atoms in total. The number of carbonyl (C=O) groups excluding carboxylic acids is 1. The van der Waals surface area contributed by atoms with Crippen molar-refractivity contribution in [3.8, 4) is 0 Å². The van der Waals surface area contributed by atoms with E-state index in [2.05, 4.69) is 37.8 Å². The van der Waals surface area contributed by atoms with Gasteiger partial charge in [-0.25, -0.2) is 0 Å². The summed E-state index contributed by atoms with van der Waals surface area (Å²) in [6.45, 7) is 9.18. The fourth-order valence-corrected chi connectivity index (χ4v) is 3.49. The molecule has 0 aliphatic carbocycles. The van der Waals surface area contributed by atoms with E-state index < -0.39 is 0 Å². The zero-order chi connectivity index (χ0) is 15.9. The lowest BCUT2D eigenvalue weighted by atomic mass is 10.00. The molecule has 22 heavy (non-hydrogen) atoms. The van der Waals surface area contributed by atoms with Crippen molar-refractivity contribution in [2.24, 2.45) is 0 Å². The lowest BCUT2D eigenvalue weighted by molar-refractivity contribution is -0.119. The summed E-state index contributed by atoms with van der Waals surface area (Å²) in [5.41, 5.74) is 2.23. The van der Waals surface area contributed by atoms with Crippen molar-refractivity contribution in [3.63, 3.8) is 0 Å². The summed E-state index contributed by atoms with van der Waals surface area (Å²) in [7, 11) is 0. The maximum absolute atomic E-state index is 12.6. The average molecular weight is 302 g/mol. The highest BCUT2D eigenvalue weighted by atomic mass is 16.2. The lowest BCUT2D eigenvalue weighted by Crippen LogP contribution is -2.42. The highest BCUT2D eigenvalue weighted by Crippen LogP contribution is 2.21. The molecular weight excluding hydrogens is 272 g/mol. The number of piperidine rings is 1. The first-order valence-electron chi connectivity index (χ1n) is 8.76. The van der Waals surface area contributed by atoms with Crippen LogP contribution in [0.3, 0.4) is 0 Å². The van der Waals surface area contributed by atoms with Crippen LogP contribution in [-0.2, 0) is 4.79 Å². The van der Waals surface area contributed by atoms with Crippen molar-refractivity contribution in [1.82, 2.24) is 4.90 Å². The SMILES string of the molecule is CCC1CCCCN1CCC(=O)N(CC)c1cccc(C)c1. The van der Waals surface area contributed by atoms with E-state index >= 15 is 0 Å². The van der Waals surface area contributed by atoms with E-state index in [9.17, 15) is 4.79 Å². The molecule has 0 saturated carbocycles. The van der Waals surface area contributed by atoms with E-state index in [1.54, 1.807) is 0 Å². The van der Waals surface area contributed by atoms with Gasteiger partial charge in [-0.3, -0.25) is 9.69 Å². The molecule has 0 bridgehead atoms. The highest BCUT2D eigenvalue weighted by molar-refractivity contribution is 5.93. The van der Waals surface area contributed by atoms with Gasteiger partial charge < -0.3 is 4.90 Å². The lowest BCUT2D eigenvalue weighted by Gasteiger charge is -2.35.